The average molecular weight is 225 g/mol. The lowest BCUT2D eigenvalue weighted by Crippen LogP contribution is -2.04. The molecule has 4 nitrogen and oxygen atoms in total. The van der Waals surface area contributed by atoms with Crippen molar-refractivity contribution in [3.8, 4) is 0 Å². The molecule has 1 N–H and O–H groups in total. The molecule has 78 valence electrons. The molecule has 0 aliphatic heterocycles. The van der Waals surface area contributed by atoms with Crippen molar-refractivity contribution in [2.45, 2.75) is 13.0 Å². The van der Waals surface area contributed by atoms with E-state index in [9.17, 15) is 4.79 Å². The van der Waals surface area contributed by atoms with Gasteiger partial charge in [0.15, 0.2) is 0 Å². The van der Waals surface area contributed by atoms with Crippen molar-refractivity contribution in [3.05, 3.63) is 29.5 Å². The number of nitrogens with zero attached hydrogens (tertiary/aromatic N) is 2. The number of halogens is 1. The zero-order chi connectivity index (χ0) is 10.8. The second-order valence-electron chi connectivity index (χ2n) is 3.18. The molecule has 0 bridgehead atoms. The Morgan fingerprint density at radius 3 is 3.13 bits per heavy atom. The molecule has 0 aromatic carbocycles. The van der Waals surface area contributed by atoms with Crippen LogP contribution >= 0.6 is 11.6 Å². The van der Waals surface area contributed by atoms with E-state index < -0.39 is 5.97 Å². The minimum atomic E-state index is -0.844. The van der Waals surface area contributed by atoms with Gasteiger partial charge in [-0.2, -0.15) is 0 Å². The van der Waals surface area contributed by atoms with Crippen LogP contribution in [-0.4, -0.2) is 20.6 Å². The Balaban J connectivity index is 2.40. The zero-order valence-electron chi connectivity index (χ0n) is 7.85. The molecule has 0 saturated carbocycles. The highest BCUT2D eigenvalue weighted by molar-refractivity contribution is 6.30. The van der Waals surface area contributed by atoms with Gasteiger partial charge in [0.25, 0.3) is 0 Å². The van der Waals surface area contributed by atoms with Gasteiger partial charge in [-0.15, -0.1) is 0 Å². The minimum Gasteiger partial charge on any atom is -0.481 e. The summed E-state index contributed by atoms with van der Waals surface area (Å²) in [6.07, 6.45) is 1.70. The maximum absolute atomic E-state index is 10.5. The molecule has 0 radical (unpaired) electrons. The first-order chi connectivity index (χ1) is 7.18. The predicted octanol–water partition coefficient (Wildman–Crippen LogP) is 2.16. The van der Waals surface area contributed by atoms with Crippen molar-refractivity contribution in [3.63, 3.8) is 0 Å². The quantitative estimate of drug-likeness (QED) is 0.869. The number of hydrogen-bond acceptors (Lipinski definition) is 2. The van der Waals surface area contributed by atoms with Crippen LogP contribution < -0.4 is 0 Å². The maximum Gasteiger partial charge on any atom is 0.305 e. The summed E-state index contributed by atoms with van der Waals surface area (Å²) in [7, 11) is 0. The molecule has 2 heterocycles. The van der Waals surface area contributed by atoms with Crippen molar-refractivity contribution >= 4 is 28.6 Å². The minimum absolute atomic E-state index is 0.0417. The van der Waals surface area contributed by atoms with Gasteiger partial charge in [-0.25, -0.2) is 4.98 Å². The van der Waals surface area contributed by atoms with E-state index in [0.717, 1.165) is 11.0 Å². The number of carbonyl (C=O) groups is 1. The number of carboxylic acids is 1. The highest BCUT2D eigenvalue weighted by Gasteiger charge is 2.08. The second kappa shape index (κ2) is 3.90. The lowest BCUT2D eigenvalue weighted by molar-refractivity contribution is -0.137. The van der Waals surface area contributed by atoms with Crippen molar-refractivity contribution in [1.29, 1.82) is 0 Å². The number of aromatic nitrogens is 2. The van der Waals surface area contributed by atoms with Crippen LogP contribution in [0.25, 0.3) is 11.0 Å². The summed E-state index contributed by atoms with van der Waals surface area (Å²) in [6.45, 7) is 0.342. The molecule has 5 heteroatoms. The highest BCUT2D eigenvalue weighted by atomic mass is 35.5. The van der Waals surface area contributed by atoms with Gasteiger partial charge in [0.05, 0.1) is 6.42 Å². The fourth-order valence-electron chi connectivity index (χ4n) is 1.48. The van der Waals surface area contributed by atoms with E-state index >= 15 is 0 Å². The van der Waals surface area contributed by atoms with E-state index in [1.807, 2.05) is 12.1 Å². The molecule has 15 heavy (non-hydrogen) atoms. The van der Waals surface area contributed by atoms with Crippen LogP contribution in [0.1, 0.15) is 6.42 Å². The Labute approximate surface area is 91.1 Å². The molecular formula is C10H9ClN2O2. The third kappa shape index (κ3) is 1.94. The number of aliphatic carboxylic acids is 1. The molecule has 2 rings (SSSR count). The molecule has 0 aliphatic rings. The lowest BCUT2D eigenvalue weighted by Gasteiger charge is -2.03. The average Bonchev–Trinajstić information content (AvgIpc) is 2.50. The molecule has 0 unspecified atom stereocenters. The first kappa shape index (κ1) is 9.98. The molecule has 0 atom stereocenters. The van der Waals surface area contributed by atoms with Gasteiger partial charge in [-0.1, -0.05) is 11.6 Å². The summed E-state index contributed by atoms with van der Waals surface area (Å²) in [4.78, 5) is 14.6. The first-order valence-corrected chi connectivity index (χ1v) is 4.88. The second-order valence-corrected chi connectivity index (χ2v) is 3.57. The van der Waals surface area contributed by atoms with Gasteiger partial charge in [-0.05, 0) is 18.2 Å². The summed E-state index contributed by atoms with van der Waals surface area (Å²) in [5.74, 6) is -0.844. The highest BCUT2D eigenvalue weighted by Crippen LogP contribution is 2.21. The molecule has 0 spiro atoms. The smallest absolute Gasteiger partial charge is 0.305 e. The fraction of sp³-hybridized carbons (Fsp3) is 0.200. The van der Waals surface area contributed by atoms with Crippen LogP contribution in [0.3, 0.4) is 0 Å². The van der Waals surface area contributed by atoms with Crippen molar-refractivity contribution in [2.24, 2.45) is 0 Å². The number of pyridine rings is 1. The molecular weight excluding hydrogens is 216 g/mol. The molecule has 2 aromatic rings. The Kier molecular flexibility index (Phi) is 2.60. The molecule has 2 aromatic heterocycles. The van der Waals surface area contributed by atoms with Crippen LogP contribution in [0, 0.1) is 0 Å². The Morgan fingerprint density at radius 2 is 2.40 bits per heavy atom. The van der Waals surface area contributed by atoms with Crippen LogP contribution in [0.15, 0.2) is 24.4 Å². The van der Waals surface area contributed by atoms with Crippen molar-refractivity contribution in [2.75, 3.05) is 0 Å². The lowest BCUT2D eigenvalue weighted by atomic mass is 10.3. The van der Waals surface area contributed by atoms with E-state index in [-0.39, 0.29) is 6.42 Å². The third-order valence-electron chi connectivity index (χ3n) is 2.15. The van der Waals surface area contributed by atoms with E-state index in [4.69, 9.17) is 16.7 Å². The molecule has 0 fully saturated rings. The van der Waals surface area contributed by atoms with Gasteiger partial charge >= 0.3 is 5.97 Å². The summed E-state index contributed by atoms with van der Waals surface area (Å²) >= 11 is 5.98. The van der Waals surface area contributed by atoms with E-state index in [0.29, 0.717) is 11.7 Å². The van der Waals surface area contributed by atoms with Crippen LogP contribution in [0.5, 0.6) is 0 Å². The third-order valence-corrected chi connectivity index (χ3v) is 2.47. The Morgan fingerprint density at radius 1 is 1.60 bits per heavy atom. The number of aryl methyl sites for hydroxylation is 1. The van der Waals surface area contributed by atoms with Gasteiger partial charge in [0.2, 0.25) is 0 Å². The van der Waals surface area contributed by atoms with Crippen LogP contribution in [0.4, 0.5) is 0 Å². The fourth-order valence-corrected chi connectivity index (χ4v) is 1.76. The Hall–Kier alpha value is -1.55. The number of fused-ring (bicyclic) bond motifs is 1. The normalized spacial score (nSPS) is 10.7. The maximum atomic E-state index is 10.5. The first-order valence-electron chi connectivity index (χ1n) is 4.50. The summed E-state index contributed by atoms with van der Waals surface area (Å²) in [5.41, 5.74) is 0.726. The van der Waals surface area contributed by atoms with E-state index in [1.54, 1.807) is 16.8 Å². The van der Waals surface area contributed by atoms with Crippen molar-refractivity contribution < 1.29 is 9.90 Å². The standard InChI is InChI=1S/C10H9ClN2O2/c11-8-6-7-2-1-4-12-10(7)13(8)5-3-9(14)15/h1-2,4,6H,3,5H2,(H,14,15). The number of rotatable bonds is 3. The summed E-state index contributed by atoms with van der Waals surface area (Å²) in [5, 5.41) is 10.0. The molecule has 0 aliphatic carbocycles. The van der Waals surface area contributed by atoms with Gasteiger partial charge < -0.3 is 9.67 Å². The predicted molar refractivity (Wildman–Crippen MR) is 57.0 cm³/mol. The largest absolute Gasteiger partial charge is 0.481 e. The van der Waals surface area contributed by atoms with Crippen LogP contribution in [0.2, 0.25) is 5.15 Å². The number of carboxylic acid groups (broad SMARTS) is 1. The molecule has 0 saturated heterocycles. The van der Waals surface area contributed by atoms with Gasteiger partial charge in [0, 0.05) is 18.1 Å². The zero-order valence-corrected chi connectivity index (χ0v) is 8.61. The van der Waals surface area contributed by atoms with Crippen LogP contribution in [-0.2, 0) is 11.3 Å². The SMILES string of the molecule is O=C(O)CCn1c(Cl)cc2cccnc21. The monoisotopic (exact) mass is 224 g/mol. The summed E-state index contributed by atoms with van der Waals surface area (Å²) < 4.78 is 1.70. The Bertz CT molecular complexity index is 507. The summed E-state index contributed by atoms with van der Waals surface area (Å²) in [6, 6.07) is 5.50. The van der Waals surface area contributed by atoms with E-state index in [2.05, 4.69) is 4.98 Å². The van der Waals surface area contributed by atoms with E-state index in [1.165, 1.54) is 0 Å². The number of hydrogen-bond donors (Lipinski definition) is 1. The topological polar surface area (TPSA) is 55.1 Å². The van der Waals surface area contributed by atoms with Gasteiger partial charge in [-0.3, -0.25) is 4.79 Å². The van der Waals surface area contributed by atoms with Gasteiger partial charge in [0.1, 0.15) is 10.8 Å². The molecule has 0 amide bonds. The van der Waals surface area contributed by atoms with Crippen molar-refractivity contribution in [1.82, 2.24) is 9.55 Å².